The molecule has 0 aliphatic rings. The van der Waals surface area contributed by atoms with Crippen LogP contribution in [0.1, 0.15) is 20.3 Å². The molecule has 30 heavy (non-hydrogen) atoms. The Morgan fingerprint density at radius 1 is 1.30 bits per heavy atom. The van der Waals surface area contributed by atoms with Crippen molar-refractivity contribution in [1.82, 2.24) is 9.97 Å². The standard InChI is InChI=1S/C20H21BrN4O4S/c1-3-28-8-7-13(2)30-29-19-11-17-16(10-18(19)25(26)27)20(23-12-22-17)24-15-6-4-5-14(21)9-15/h4-6,9-13H,3,7-8H2,1-2H3,(H,22,23,24). The summed E-state index contributed by atoms with van der Waals surface area (Å²) in [5, 5.41) is 15.5. The summed E-state index contributed by atoms with van der Waals surface area (Å²) < 4.78 is 12.0. The zero-order chi connectivity index (χ0) is 21.5. The predicted molar refractivity (Wildman–Crippen MR) is 122 cm³/mol. The highest BCUT2D eigenvalue weighted by atomic mass is 79.9. The number of nitrogens with one attached hydrogen (secondary N) is 1. The number of hydrogen-bond donors (Lipinski definition) is 1. The minimum Gasteiger partial charge on any atom is -0.418 e. The third-order valence-electron chi connectivity index (χ3n) is 4.18. The summed E-state index contributed by atoms with van der Waals surface area (Å²) in [5.74, 6) is 0.637. The smallest absolute Gasteiger partial charge is 0.313 e. The monoisotopic (exact) mass is 492 g/mol. The molecule has 0 saturated heterocycles. The molecule has 0 aliphatic carbocycles. The molecule has 10 heteroatoms. The summed E-state index contributed by atoms with van der Waals surface area (Å²) >= 11 is 4.61. The summed E-state index contributed by atoms with van der Waals surface area (Å²) in [5.41, 5.74) is 1.20. The lowest BCUT2D eigenvalue weighted by molar-refractivity contribution is -0.385. The van der Waals surface area contributed by atoms with Crippen LogP contribution in [0.25, 0.3) is 10.9 Å². The molecule has 0 spiro atoms. The minimum absolute atomic E-state index is 0.117. The van der Waals surface area contributed by atoms with Crippen LogP contribution < -0.4 is 9.50 Å². The largest absolute Gasteiger partial charge is 0.418 e. The third-order valence-corrected chi connectivity index (χ3v) is 5.51. The Hall–Kier alpha value is -2.43. The van der Waals surface area contributed by atoms with E-state index in [1.807, 2.05) is 38.1 Å². The highest BCUT2D eigenvalue weighted by molar-refractivity contribution is 9.10. The van der Waals surface area contributed by atoms with Gasteiger partial charge in [-0.25, -0.2) is 9.97 Å². The zero-order valence-electron chi connectivity index (χ0n) is 16.5. The maximum absolute atomic E-state index is 11.7. The quantitative estimate of drug-likeness (QED) is 0.162. The number of ether oxygens (including phenoxy) is 1. The zero-order valence-corrected chi connectivity index (χ0v) is 18.9. The first kappa shape index (κ1) is 22.3. The van der Waals surface area contributed by atoms with E-state index in [0.717, 1.165) is 16.6 Å². The van der Waals surface area contributed by atoms with Crippen molar-refractivity contribution >= 4 is 56.1 Å². The van der Waals surface area contributed by atoms with E-state index in [-0.39, 0.29) is 16.7 Å². The number of halogens is 1. The van der Waals surface area contributed by atoms with Gasteiger partial charge in [0.25, 0.3) is 0 Å². The lowest BCUT2D eigenvalue weighted by atomic mass is 10.2. The maximum Gasteiger partial charge on any atom is 0.313 e. The van der Waals surface area contributed by atoms with Gasteiger partial charge in [0, 0.05) is 40.8 Å². The number of anilines is 2. The van der Waals surface area contributed by atoms with E-state index in [9.17, 15) is 10.1 Å². The van der Waals surface area contributed by atoms with Crippen molar-refractivity contribution in [2.75, 3.05) is 18.5 Å². The van der Waals surface area contributed by atoms with Crippen LogP contribution in [0, 0.1) is 10.1 Å². The van der Waals surface area contributed by atoms with Gasteiger partial charge < -0.3 is 14.2 Å². The van der Waals surface area contributed by atoms with Crippen LogP contribution in [-0.4, -0.2) is 33.4 Å². The number of nitro benzene ring substituents is 1. The van der Waals surface area contributed by atoms with E-state index in [0.29, 0.717) is 29.9 Å². The fourth-order valence-corrected chi connectivity index (χ4v) is 3.65. The van der Waals surface area contributed by atoms with Gasteiger partial charge >= 0.3 is 5.69 Å². The van der Waals surface area contributed by atoms with Crippen molar-refractivity contribution in [3.05, 3.63) is 57.3 Å². The second-order valence-electron chi connectivity index (χ2n) is 6.43. The number of nitro groups is 1. The number of benzene rings is 2. The molecule has 0 amide bonds. The Morgan fingerprint density at radius 2 is 2.13 bits per heavy atom. The predicted octanol–water partition coefficient (Wildman–Crippen LogP) is 5.89. The summed E-state index contributed by atoms with van der Waals surface area (Å²) in [7, 11) is 0. The highest BCUT2D eigenvalue weighted by Gasteiger charge is 2.21. The van der Waals surface area contributed by atoms with Gasteiger partial charge in [-0.3, -0.25) is 10.1 Å². The first-order valence-electron chi connectivity index (χ1n) is 9.34. The molecule has 0 saturated carbocycles. The molecular formula is C20H21BrN4O4S. The molecule has 2 aromatic carbocycles. The van der Waals surface area contributed by atoms with Gasteiger partial charge in [0.1, 0.15) is 12.1 Å². The maximum atomic E-state index is 11.7. The SMILES string of the molecule is CCOCCC(C)SOc1cc2ncnc(Nc3cccc(Br)c3)c2cc1[N+](=O)[O-]. The molecule has 1 heterocycles. The van der Waals surface area contributed by atoms with E-state index >= 15 is 0 Å². The van der Waals surface area contributed by atoms with Crippen molar-refractivity contribution in [1.29, 1.82) is 0 Å². The van der Waals surface area contributed by atoms with Gasteiger partial charge in [-0.05, 0) is 38.5 Å². The van der Waals surface area contributed by atoms with Crippen LogP contribution in [0.15, 0.2) is 47.2 Å². The molecule has 1 atom stereocenters. The second-order valence-corrected chi connectivity index (χ2v) is 8.51. The lowest BCUT2D eigenvalue weighted by Crippen LogP contribution is -2.05. The molecular weight excluding hydrogens is 472 g/mol. The van der Waals surface area contributed by atoms with Crippen molar-refractivity contribution in [3.8, 4) is 5.75 Å². The average molecular weight is 493 g/mol. The van der Waals surface area contributed by atoms with Crippen molar-refractivity contribution < 1.29 is 13.8 Å². The number of nitrogens with zero attached hydrogens (tertiary/aromatic N) is 3. The van der Waals surface area contributed by atoms with Crippen LogP contribution in [0.3, 0.4) is 0 Å². The summed E-state index contributed by atoms with van der Waals surface area (Å²) in [6.45, 7) is 5.20. The molecule has 0 bridgehead atoms. The van der Waals surface area contributed by atoms with Gasteiger partial charge in [-0.1, -0.05) is 22.0 Å². The van der Waals surface area contributed by atoms with Gasteiger partial charge in [0.15, 0.2) is 0 Å². The van der Waals surface area contributed by atoms with Crippen molar-refractivity contribution in [2.45, 2.75) is 25.5 Å². The number of aromatic nitrogens is 2. The van der Waals surface area contributed by atoms with Crippen LogP contribution >= 0.6 is 28.0 Å². The second kappa shape index (κ2) is 10.6. The fourth-order valence-electron chi connectivity index (χ4n) is 2.66. The molecule has 1 N–H and O–H groups in total. The van der Waals surface area contributed by atoms with Crippen LogP contribution in [0.5, 0.6) is 5.75 Å². The van der Waals surface area contributed by atoms with E-state index < -0.39 is 4.92 Å². The Kier molecular flexibility index (Phi) is 7.83. The molecule has 8 nitrogen and oxygen atoms in total. The van der Waals surface area contributed by atoms with Crippen molar-refractivity contribution in [2.24, 2.45) is 0 Å². The topological polar surface area (TPSA) is 99.4 Å². The number of rotatable bonds is 10. The van der Waals surface area contributed by atoms with Crippen LogP contribution in [0.4, 0.5) is 17.2 Å². The minimum atomic E-state index is -0.462. The number of hydrogen-bond acceptors (Lipinski definition) is 8. The molecule has 0 radical (unpaired) electrons. The Morgan fingerprint density at radius 3 is 2.87 bits per heavy atom. The van der Waals surface area contributed by atoms with E-state index in [1.54, 1.807) is 6.07 Å². The van der Waals surface area contributed by atoms with Gasteiger partial charge in [0.2, 0.25) is 5.75 Å². The molecule has 1 unspecified atom stereocenters. The average Bonchev–Trinajstić information content (AvgIpc) is 2.72. The summed E-state index contributed by atoms with van der Waals surface area (Å²) in [6, 6.07) is 10.6. The van der Waals surface area contributed by atoms with Gasteiger partial charge in [-0.15, -0.1) is 0 Å². The first-order valence-corrected chi connectivity index (χ1v) is 10.9. The molecule has 158 valence electrons. The normalized spacial score (nSPS) is 12.0. The number of fused-ring (bicyclic) bond motifs is 1. The van der Waals surface area contributed by atoms with E-state index in [2.05, 4.69) is 31.2 Å². The Labute approximate surface area is 186 Å². The Bertz CT molecular complexity index is 1040. The first-order chi connectivity index (χ1) is 14.5. The summed E-state index contributed by atoms with van der Waals surface area (Å²) in [6.07, 6.45) is 2.19. The van der Waals surface area contributed by atoms with Gasteiger partial charge in [-0.2, -0.15) is 0 Å². The van der Waals surface area contributed by atoms with E-state index in [4.69, 9.17) is 8.92 Å². The molecule has 0 fully saturated rings. The Balaban J connectivity index is 1.87. The fraction of sp³-hybridized carbons (Fsp3) is 0.300. The van der Waals surface area contributed by atoms with E-state index in [1.165, 1.54) is 24.4 Å². The summed E-state index contributed by atoms with van der Waals surface area (Å²) in [4.78, 5) is 19.7. The molecule has 3 rings (SSSR count). The van der Waals surface area contributed by atoms with Crippen molar-refractivity contribution in [3.63, 3.8) is 0 Å². The molecule has 0 aliphatic heterocycles. The van der Waals surface area contributed by atoms with Gasteiger partial charge in [0.05, 0.1) is 27.9 Å². The third kappa shape index (κ3) is 5.80. The highest BCUT2D eigenvalue weighted by Crippen LogP contribution is 2.37. The molecule has 3 aromatic rings. The van der Waals surface area contributed by atoms with Crippen LogP contribution in [0.2, 0.25) is 0 Å². The lowest BCUT2D eigenvalue weighted by Gasteiger charge is -2.13. The molecule has 1 aromatic heterocycles. The van der Waals surface area contributed by atoms with Crippen LogP contribution in [-0.2, 0) is 4.74 Å².